The van der Waals surface area contributed by atoms with Gasteiger partial charge in [0.1, 0.15) is 12.7 Å². The minimum atomic E-state index is -0.808. The van der Waals surface area contributed by atoms with Gasteiger partial charge < -0.3 is 19.6 Å². The Morgan fingerprint density at radius 1 is 1.00 bits per heavy atom. The van der Waals surface area contributed by atoms with Gasteiger partial charge in [0, 0.05) is 12.8 Å². The highest BCUT2D eigenvalue weighted by Gasteiger charge is 2.37. The number of fused-ring (bicyclic) bond motifs is 1. The minimum Gasteiger partial charge on any atom is -0.463 e. The molecule has 3 heterocycles. The van der Waals surface area contributed by atoms with Gasteiger partial charge in [0.25, 0.3) is 5.56 Å². The van der Waals surface area contributed by atoms with Crippen molar-refractivity contribution in [3.63, 3.8) is 0 Å². The second-order valence-corrected chi connectivity index (χ2v) is 10.4. The normalized spacial score (nSPS) is 19.6. The Morgan fingerprint density at radius 3 is 2.22 bits per heavy atom. The lowest BCUT2D eigenvalue weighted by atomic mass is 10.0. The van der Waals surface area contributed by atoms with Gasteiger partial charge >= 0.3 is 5.97 Å². The average molecular weight is 519 g/mol. The second-order valence-electron chi connectivity index (χ2n) is 10.4. The van der Waals surface area contributed by atoms with Crippen LogP contribution in [-0.2, 0) is 14.3 Å². The van der Waals surface area contributed by atoms with Crippen LogP contribution < -0.4 is 5.56 Å². The van der Waals surface area contributed by atoms with Gasteiger partial charge in [-0.25, -0.2) is 9.97 Å². The molecule has 0 radical (unpaired) electrons. The van der Waals surface area contributed by atoms with Crippen LogP contribution in [-0.4, -0.2) is 49.4 Å². The summed E-state index contributed by atoms with van der Waals surface area (Å²) in [6.45, 7) is 2.37. The van der Waals surface area contributed by atoms with Crippen LogP contribution in [0.3, 0.4) is 0 Å². The van der Waals surface area contributed by atoms with E-state index >= 15 is 0 Å². The van der Waals surface area contributed by atoms with Crippen molar-refractivity contribution in [2.75, 3.05) is 6.61 Å². The lowest BCUT2D eigenvalue weighted by molar-refractivity contribution is -0.148. The number of hydrogen-bond donors (Lipinski definition) is 2. The Labute approximate surface area is 220 Å². The van der Waals surface area contributed by atoms with E-state index in [4.69, 9.17) is 9.47 Å². The van der Waals surface area contributed by atoms with Crippen LogP contribution in [0.1, 0.15) is 122 Å². The van der Waals surface area contributed by atoms with Crippen molar-refractivity contribution in [3.8, 4) is 0 Å². The minimum absolute atomic E-state index is 0.103. The molecule has 37 heavy (non-hydrogen) atoms. The largest absolute Gasteiger partial charge is 0.463 e. The van der Waals surface area contributed by atoms with Crippen LogP contribution in [0.15, 0.2) is 17.4 Å². The molecule has 2 aromatic rings. The molecule has 1 fully saturated rings. The molecule has 3 rings (SSSR count). The molecule has 3 atom stereocenters. The summed E-state index contributed by atoms with van der Waals surface area (Å²) < 4.78 is 12.8. The molecule has 1 aliphatic rings. The van der Waals surface area contributed by atoms with Gasteiger partial charge in [-0.2, -0.15) is 0 Å². The third kappa shape index (κ3) is 9.85. The highest BCUT2D eigenvalue weighted by atomic mass is 16.6. The summed E-state index contributed by atoms with van der Waals surface area (Å²) in [4.78, 5) is 34.7. The van der Waals surface area contributed by atoms with Crippen LogP contribution in [0.25, 0.3) is 11.2 Å². The van der Waals surface area contributed by atoms with Crippen molar-refractivity contribution in [3.05, 3.63) is 23.0 Å². The Balaban J connectivity index is 1.17. The van der Waals surface area contributed by atoms with Gasteiger partial charge in [-0.05, 0) is 6.42 Å². The Kier molecular flexibility index (Phi) is 13.1. The first-order valence-corrected chi connectivity index (χ1v) is 14.5. The maximum absolute atomic E-state index is 12.1. The summed E-state index contributed by atoms with van der Waals surface area (Å²) in [5.74, 6) is -0.225. The number of aromatic amines is 1. The first-order chi connectivity index (χ1) is 18.1. The van der Waals surface area contributed by atoms with E-state index in [-0.39, 0.29) is 23.7 Å². The van der Waals surface area contributed by atoms with E-state index in [1.54, 1.807) is 4.57 Å². The van der Waals surface area contributed by atoms with Crippen LogP contribution >= 0.6 is 0 Å². The van der Waals surface area contributed by atoms with Crippen LogP contribution in [0, 0.1) is 0 Å². The number of nitrogens with zero attached hydrogens (tertiary/aromatic N) is 3. The number of aromatic nitrogens is 4. The van der Waals surface area contributed by atoms with Gasteiger partial charge in [-0.3, -0.25) is 14.2 Å². The van der Waals surface area contributed by atoms with Gasteiger partial charge in [0.2, 0.25) is 0 Å². The van der Waals surface area contributed by atoms with Crippen molar-refractivity contribution in [2.24, 2.45) is 0 Å². The molecular formula is C28H46N4O5. The third-order valence-electron chi connectivity index (χ3n) is 7.22. The number of carbonyl (C=O) groups excluding carboxylic acids is 1. The lowest BCUT2D eigenvalue weighted by Gasteiger charge is -2.16. The maximum atomic E-state index is 12.1. The number of esters is 1. The number of aliphatic hydroxyl groups is 1. The van der Waals surface area contributed by atoms with E-state index in [0.29, 0.717) is 18.5 Å². The van der Waals surface area contributed by atoms with Gasteiger partial charge in [-0.1, -0.05) is 96.8 Å². The van der Waals surface area contributed by atoms with Crippen LogP contribution in [0.2, 0.25) is 0 Å². The van der Waals surface area contributed by atoms with E-state index in [1.165, 1.54) is 96.1 Å². The molecule has 0 bridgehead atoms. The van der Waals surface area contributed by atoms with Crippen LogP contribution in [0.5, 0.6) is 0 Å². The molecule has 9 nitrogen and oxygen atoms in total. The SMILES string of the molecule is CCCCCCCCCCCCCCCCCC(=O)OC[C@@H]1CC(O)[C@H](n2cnc3c(=O)[nH]cnc32)O1. The molecule has 208 valence electrons. The number of carbonyl (C=O) groups is 1. The number of hydrogen-bond acceptors (Lipinski definition) is 7. The topological polar surface area (TPSA) is 119 Å². The van der Waals surface area contributed by atoms with E-state index in [1.807, 2.05) is 0 Å². The maximum Gasteiger partial charge on any atom is 0.305 e. The summed E-state index contributed by atoms with van der Waals surface area (Å²) in [6, 6.07) is 0. The molecule has 1 unspecified atom stereocenters. The van der Waals surface area contributed by atoms with Crippen molar-refractivity contribution < 1.29 is 19.4 Å². The van der Waals surface area contributed by atoms with Crippen LogP contribution in [0.4, 0.5) is 0 Å². The molecule has 0 spiro atoms. The Bertz CT molecular complexity index is 975. The number of ether oxygens (including phenoxy) is 2. The van der Waals surface area contributed by atoms with E-state index in [2.05, 4.69) is 21.9 Å². The predicted octanol–water partition coefficient (Wildman–Crippen LogP) is 5.57. The predicted molar refractivity (Wildman–Crippen MR) is 143 cm³/mol. The molecule has 0 amide bonds. The molecule has 0 saturated carbocycles. The summed E-state index contributed by atoms with van der Waals surface area (Å²) in [7, 11) is 0. The molecule has 1 saturated heterocycles. The number of nitrogens with one attached hydrogen (secondary N) is 1. The third-order valence-corrected chi connectivity index (χ3v) is 7.22. The summed E-state index contributed by atoms with van der Waals surface area (Å²) in [6.07, 6.45) is 20.9. The molecule has 0 aromatic carbocycles. The van der Waals surface area contributed by atoms with E-state index in [9.17, 15) is 14.7 Å². The molecule has 9 heteroatoms. The molecule has 2 N–H and O–H groups in total. The number of rotatable bonds is 19. The van der Waals surface area contributed by atoms with Crippen molar-refractivity contribution in [1.82, 2.24) is 19.5 Å². The zero-order chi connectivity index (χ0) is 26.3. The number of imidazole rings is 1. The zero-order valence-electron chi connectivity index (χ0n) is 22.5. The van der Waals surface area contributed by atoms with Gasteiger partial charge in [-0.15, -0.1) is 0 Å². The standard InChI is InChI=1S/C28H46N4O5/c1-2-3-4-5-6-7-8-9-10-11-12-13-14-15-16-17-24(34)36-19-22-18-23(33)28(37-22)32-21-31-25-26(32)29-20-30-27(25)35/h20-23,28,33H,2-19H2,1H3,(H,29,30,35)/t22-,23?,28+/m0/s1. The first-order valence-electron chi connectivity index (χ1n) is 14.5. The number of aliphatic hydroxyl groups excluding tert-OH is 1. The lowest BCUT2D eigenvalue weighted by Crippen LogP contribution is -2.20. The molecule has 1 aliphatic heterocycles. The second kappa shape index (κ2) is 16.6. The summed E-state index contributed by atoms with van der Waals surface area (Å²) in [5, 5.41) is 10.4. The highest BCUT2D eigenvalue weighted by molar-refractivity contribution is 5.69. The fourth-order valence-electron chi connectivity index (χ4n) is 5.04. The monoisotopic (exact) mass is 518 g/mol. The smallest absolute Gasteiger partial charge is 0.305 e. The van der Waals surface area contributed by atoms with E-state index < -0.39 is 18.4 Å². The van der Waals surface area contributed by atoms with E-state index in [0.717, 1.165) is 12.8 Å². The quantitative estimate of drug-likeness (QED) is 0.184. The van der Waals surface area contributed by atoms with Gasteiger partial charge in [0.15, 0.2) is 17.4 Å². The van der Waals surface area contributed by atoms with Crippen molar-refractivity contribution >= 4 is 17.1 Å². The fraction of sp³-hybridized carbons (Fsp3) is 0.786. The highest BCUT2D eigenvalue weighted by Crippen LogP contribution is 2.30. The number of H-pyrrole nitrogens is 1. The summed E-state index contributed by atoms with van der Waals surface area (Å²) in [5.41, 5.74) is 0.191. The Hall–Kier alpha value is -2.26. The van der Waals surface area contributed by atoms with Gasteiger partial charge in [0.05, 0.1) is 18.8 Å². The first kappa shape index (κ1) is 29.3. The Morgan fingerprint density at radius 2 is 1.59 bits per heavy atom. The molecule has 2 aromatic heterocycles. The van der Waals surface area contributed by atoms with Crippen molar-refractivity contribution in [1.29, 1.82) is 0 Å². The molecule has 0 aliphatic carbocycles. The fourth-order valence-corrected chi connectivity index (χ4v) is 5.04. The summed E-state index contributed by atoms with van der Waals surface area (Å²) >= 11 is 0. The molecular weight excluding hydrogens is 472 g/mol. The number of unbranched alkanes of at least 4 members (excludes halogenated alkanes) is 14. The average Bonchev–Trinajstić information content (AvgIpc) is 3.48. The van der Waals surface area contributed by atoms with Crippen molar-refractivity contribution in [2.45, 2.75) is 135 Å². The zero-order valence-corrected chi connectivity index (χ0v) is 22.5.